The van der Waals surface area contributed by atoms with Crippen molar-refractivity contribution in [3.05, 3.63) is 87.9 Å². The van der Waals surface area contributed by atoms with E-state index in [1.165, 1.54) is 24.5 Å². The zero-order valence-corrected chi connectivity index (χ0v) is 19.8. The van der Waals surface area contributed by atoms with Crippen LogP contribution in [-0.4, -0.2) is 51.0 Å². The molecule has 2 N–H and O–H groups in total. The molecule has 1 atom stereocenters. The van der Waals surface area contributed by atoms with Gasteiger partial charge in [0.25, 0.3) is 11.5 Å². The van der Waals surface area contributed by atoms with E-state index < -0.39 is 30.0 Å². The number of rotatable bonds is 5. The molecule has 1 unspecified atom stereocenters. The highest BCUT2D eigenvalue weighted by molar-refractivity contribution is 5.92. The van der Waals surface area contributed by atoms with E-state index >= 15 is 0 Å². The van der Waals surface area contributed by atoms with E-state index in [1.54, 1.807) is 10.5 Å². The Bertz CT molecular complexity index is 1570. The number of benzene rings is 1. The molecule has 0 radical (unpaired) electrons. The summed E-state index contributed by atoms with van der Waals surface area (Å²) in [6.45, 7) is 2.70. The van der Waals surface area contributed by atoms with Gasteiger partial charge >= 0.3 is 6.18 Å². The standard InChI is InChI=1S/C26H23F4N5O2/c1-15-12-34(8-6-18(15)17-3-4-20(31-11-17)24(36)32-14-26(28,29)30)13-16-2-5-22-21(10-16)33-25(37)23-19(27)7-9-35(22)23/h2-7,9-11,15H,8,12-14H2,1H3,(H,32,36)(H,33,37). The number of amides is 1. The summed E-state index contributed by atoms with van der Waals surface area (Å²) in [4.78, 5) is 33.3. The SMILES string of the molecule is CC1CN(Cc2ccc3c(c2)[nH]c(=O)c2c(F)ccn23)CC=C1c1ccc(C(=O)NCC(F)(F)F)nc1. The summed E-state index contributed by atoms with van der Waals surface area (Å²) in [5, 5.41) is 1.81. The molecule has 5 rings (SSSR count). The molecular formula is C26H23F4N5O2. The van der Waals surface area contributed by atoms with E-state index in [2.05, 4.69) is 27.9 Å². The van der Waals surface area contributed by atoms with Crippen LogP contribution in [0.3, 0.4) is 0 Å². The average Bonchev–Trinajstić information content (AvgIpc) is 3.24. The van der Waals surface area contributed by atoms with Crippen LogP contribution in [-0.2, 0) is 6.54 Å². The predicted molar refractivity (Wildman–Crippen MR) is 131 cm³/mol. The fourth-order valence-corrected chi connectivity index (χ4v) is 4.75. The summed E-state index contributed by atoms with van der Waals surface area (Å²) in [6.07, 6.45) is 0.633. The molecule has 1 aromatic carbocycles. The molecule has 0 saturated heterocycles. The van der Waals surface area contributed by atoms with Gasteiger partial charge in [0.1, 0.15) is 17.8 Å². The Morgan fingerprint density at radius 2 is 2.03 bits per heavy atom. The second-order valence-electron chi connectivity index (χ2n) is 9.17. The molecule has 1 amide bonds. The van der Waals surface area contributed by atoms with E-state index in [1.807, 2.05) is 23.5 Å². The predicted octanol–water partition coefficient (Wildman–Crippen LogP) is 4.14. The molecule has 192 valence electrons. The number of aromatic amines is 1. The first kappa shape index (κ1) is 24.7. The smallest absolute Gasteiger partial charge is 0.342 e. The topological polar surface area (TPSA) is 82.5 Å². The van der Waals surface area contributed by atoms with Crippen LogP contribution >= 0.6 is 0 Å². The summed E-state index contributed by atoms with van der Waals surface area (Å²) in [5.41, 5.74) is 3.62. The van der Waals surface area contributed by atoms with Crippen LogP contribution in [0.4, 0.5) is 17.6 Å². The minimum absolute atomic E-state index is 0.00719. The first-order valence-electron chi connectivity index (χ1n) is 11.6. The molecule has 3 aromatic heterocycles. The number of nitrogens with zero attached hydrogens (tertiary/aromatic N) is 3. The third kappa shape index (κ3) is 5.12. The van der Waals surface area contributed by atoms with Crippen LogP contribution in [0, 0.1) is 11.7 Å². The zero-order valence-electron chi connectivity index (χ0n) is 19.8. The largest absolute Gasteiger partial charge is 0.405 e. The molecule has 1 aliphatic rings. The number of hydrogen-bond donors (Lipinski definition) is 2. The highest BCUT2D eigenvalue weighted by Gasteiger charge is 2.28. The number of aromatic nitrogens is 3. The number of nitrogens with one attached hydrogen (secondary N) is 2. The van der Waals surface area contributed by atoms with Gasteiger partial charge in [-0.2, -0.15) is 13.2 Å². The molecule has 0 fully saturated rings. The van der Waals surface area contributed by atoms with Crippen LogP contribution in [0.15, 0.2) is 59.7 Å². The van der Waals surface area contributed by atoms with Crippen molar-refractivity contribution in [3.8, 4) is 0 Å². The third-order valence-corrected chi connectivity index (χ3v) is 6.44. The third-order valence-electron chi connectivity index (χ3n) is 6.44. The van der Waals surface area contributed by atoms with Crippen molar-refractivity contribution in [3.63, 3.8) is 0 Å². The maximum absolute atomic E-state index is 13.9. The van der Waals surface area contributed by atoms with Gasteiger partial charge in [-0.3, -0.25) is 19.5 Å². The zero-order chi connectivity index (χ0) is 26.3. The van der Waals surface area contributed by atoms with Gasteiger partial charge in [0.05, 0.1) is 11.0 Å². The Hall–Kier alpha value is -3.99. The Labute approximate surface area is 208 Å². The molecule has 4 aromatic rings. The van der Waals surface area contributed by atoms with Gasteiger partial charge in [-0.25, -0.2) is 4.39 Å². The van der Waals surface area contributed by atoms with Crippen molar-refractivity contribution < 1.29 is 22.4 Å². The monoisotopic (exact) mass is 513 g/mol. The lowest BCUT2D eigenvalue weighted by Crippen LogP contribution is -2.34. The van der Waals surface area contributed by atoms with Crippen molar-refractivity contribution in [2.45, 2.75) is 19.6 Å². The minimum Gasteiger partial charge on any atom is -0.342 e. The van der Waals surface area contributed by atoms with E-state index in [9.17, 15) is 27.2 Å². The van der Waals surface area contributed by atoms with Crippen molar-refractivity contribution in [2.75, 3.05) is 19.6 Å². The quantitative estimate of drug-likeness (QED) is 0.393. The average molecular weight is 513 g/mol. The first-order valence-corrected chi connectivity index (χ1v) is 11.6. The molecule has 11 heteroatoms. The Balaban J connectivity index is 1.28. The van der Waals surface area contributed by atoms with Gasteiger partial charge < -0.3 is 14.7 Å². The second-order valence-corrected chi connectivity index (χ2v) is 9.17. The molecule has 4 heterocycles. The maximum Gasteiger partial charge on any atom is 0.405 e. The molecule has 0 saturated carbocycles. The number of carbonyl (C=O) groups excluding carboxylic acids is 1. The summed E-state index contributed by atoms with van der Waals surface area (Å²) in [7, 11) is 0. The van der Waals surface area contributed by atoms with Gasteiger partial charge in [0, 0.05) is 32.0 Å². The highest BCUT2D eigenvalue weighted by atomic mass is 19.4. The molecular weight excluding hydrogens is 490 g/mol. The number of fused-ring (bicyclic) bond motifs is 3. The molecule has 1 aliphatic heterocycles. The molecule has 7 nitrogen and oxygen atoms in total. The van der Waals surface area contributed by atoms with Gasteiger partial charge in [-0.05, 0) is 46.9 Å². The summed E-state index contributed by atoms with van der Waals surface area (Å²) in [5.74, 6) is -1.30. The number of carbonyl (C=O) groups is 1. The Morgan fingerprint density at radius 1 is 1.22 bits per heavy atom. The molecule has 0 aliphatic carbocycles. The van der Waals surface area contributed by atoms with Crippen molar-refractivity contribution in [1.82, 2.24) is 24.6 Å². The van der Waals surface area contributed by atoms with Crippen molar-refractivity contribution in [2.24, 2.45) is 5.92 Å². The number of H-pyrrole nitrogens is 1. The van der Waals surface area contributed by atoms with Crippen LogP contribution in [0.2, 0.25) is 0 Å². The van der Waals surface area contributed by atoms with Crippen molar-refractivity contribution in [1.29, 1.82) is 0 Å². The molecule has 0 bridgehead atoms. The fourth-order valence-electron chi connectivity index (χ4n) is 4.75. The summed E-state index contributed by atoms with van der Waals surface area (Å²) < 4.78 is 52.4. The number of pyridine rings is 1. The lowest BCUT2D eigenvalue weighted by Gasteiger charge is -2.31. The Morgan fingerprint density at radius 3 is 2.73 bits per heavy atom. The number of halogens is 4. The van der Waals surface area contributed by atoms with Gasteiger partial charge in [-0.1, -0.05) is 25.1 Å². The lowest BCUT2D eigenvalue weighted by molar-refractivity contribution is -0.123. The normalized spacial score (nSPS) is 16.8. The highest BCUT2D eigenvalue weighted by Crippen LogP contribution is 2.28. The van der Waals surface area contributed by atoms with E-state index in [4.69, 9.17) is 0 Å². The van der Waals surface area contributed by atoms with Crippen LogP contribution in [0.25, 0.3) is 22.1 Å². The molecule has 0 spiro atoms. The van der Waals surface area contributed by atoms with Crippen LogP contribution in [0.1, 0.15) is 28.5 Å². The van der Waals surface area contributed by atoms with E-state index in [0.717, 1.165) is 23.2 Å². The first-order chi connectivity index (χ1) is 17.6. The Kier molecular flexibility index (Phi) is 6.32. The molecule has 37 heavy (non-hydrogen) atoms. The van der Waals surface area contributed by atoms with Crippen molar-refractivity contribution >= 4 is 28.0 Å². The lowest BCUT2D eigenvalue weighted by atomic mass is 9.91. The summed E-state index contributed by atoms with van der Waals surface area (Å²) in [6, 6.07) is 10.1. The van der Waals surface area contributed by atoms with E-state index in [-0.39, 0.29) is 17.1 Å². The van der Waals surface area contributed by atoms with Crippen LogP contribution in [0.5, 0.6) is 0 Å². The van der Waals surface area contributed by atoms with Gasteiger partial charge in [0.15, 0.2) is 5.82 Å². The second kappa shape index (κ2) is 9.47. The van der Waals surface area contributed by atoms with Gasteiger partial charge in [0.2, 0.25) is 0 Å². The number of hydrogen-bond acceptors (Lipinski definition) is 4. The fraction of sp³-hybridized carbons (Fsp3) is 0.269. The van der Waals surface area contributed by atoms with Crippen LogP contribution < -0.4 is 10.9 Å². The summed E-state index contributed by atoms with van der Waals surface area (Å²) >= 11 is 0. The number of alkyl halides is 3. The van der Waals surface area contributed by atoms with E-state index in [0.29, 0.717) is 24.1 Å². The maximum atomic E-state index is 13.9. The van der Waals surface area contributed by atoms with Gasteiger partial charge in [-0.15, -0.1) is 0 Å². The minimum atomic E-state index is -4.48.